The van der Waals surface area contributed by atoms with Crippen molar-refractivity contribution in [3.63, 3.8) is 0 Å². The zero-order valence-corrected chi connectivity index (χ0v) is 12.0. The smallest absolute Gasteiger partial charge is 0.140 e. The van der Waals surface area contributed by atoms with Crippen molar-refractivity contribution in [2.75, 3.05) is 0 Å². The van der Waals surface area contributed by atoms with Gasteiger partial charge in [-0.3, -0.25) is 0 Å². The number of rotatable bonds is 1. The summed E-state index contributed by atoms with van der Waals surface area (Å²) in [5, 5.41) is 0.723. The van der Waals surface area contributed by atoms with Crippen LogP contribution in [0.25, 0.3) is 22.4 Å². The summed E-state index contributed by atoms with van der Waals surface area (Å²) in [6.07, 6.45) is 0. The number of benzene rings is 2. The van der Waals surface area contributed by atoms with E-state index in [-0.39, 0.29) is 0 Å². The van der Waals surface area contributed by atoms with Crippen LogP contribution in [-0.2, 0) is 7.05 Å². The number of hydrogen-bond acceptors (Lipinski definition) is 1. The van der Waals surface area contributed by atoms with E-state index in [1.807, 2.05) is 43.4 Å². The number of nitrogens with zero attached hydrogens (tertiary/aromatic N) is 2. The molecule has 0 aliphatic rings. The Balaban J connectivity index is 2.27. The van der Waals surface area contributed by atoms with Gasteiger partial charge in [-0.2, -0.15) is 0 Å². The normalized spacial score (nSPS) is 11.1. The molecule has 3 rings (SSSR count). The molecule has 90 valence electrons. The maximum absolute atomic E-state index is 6.03. The maximum atomic E-state index is 6.03. The van der Waals surface area contributed by atoms with Gasteiger partial charge in [-0.1, -0.05) is 39.7 Å². The van der Waals surface area contributed by atoms with Crippen LogP contribution in [-0.4, -0.2) is 9.55 Å². The number of aromatic nitrogens is 2. The Morgan fingerprint density at radius 1 is 1.17 bits per heavy atom. The van der Waals surface area contributed by atoms with Crippen molar-refractivity contribution in [3.05, 3.63) is 52.0 Å². The largest absolute Gasteiger partial charge is 0.327 e. The average Bonchev–Trinajstić information content (AvgIpc) is 2.67. The van der Waals surface area contributed by atoms with Gasteiger partial charge in [0.25, 0.3) is 0 Å². The summed E-state index contributed by atoms with van der Waals surface area (Å²) in [4.78, 5) is 4.65. The lowest BCUT2D eigenvalue weighted by atomic mass is 10.2. The van der Waals surface area contributed by atoms with Gasteiger partial charge in [0.2, 0.25) is 0 Å². The summed E-state index contributed by atoms with van der Waals surface area (Å²) < 4.78 is 3.13. The van der Waals surface area contributed by atoms with Crippen molar-refractivity contribution >= 4 is 38.6 Å². The van der Waals surface area contributed by atoms with Gasteiger partial charge in [0.1, 0.15) is 5.82 Å². The fourth-order valence-corrected chi connectivity index (χ4v) is 2.59. The zero-order valence-electron chi connectivity index (χ0n) is 9.69. The van der Waals surface area contributed by atoms with Crippen LogP contribution in [0.3, 0.4) is 0 Å². The number of fused-ring (bicyclic) bond motifs is 1. The molecule has 0 bridgehead atoms. The third kappa shape index (κ3) is 1.93. The first-order valence-electron chi connectivity index (χ1n) is 5.53. The molecule has 2 nitrogen and oxygen atoms in total. The molecule has 0 fully saturated rings. The lowest BCUT2D eigenvalue weighted by molar-refractivity contribution is 0.959. The van der Waals surface area contributed by atoms with E-state index < -0.39 is 0 Å². The predicted molar refractivity (Wildman–Crippen MR) is 78.9 cm³/mol. The molecule has 1 heterocycles. The molecule has 18 heavy (non-hydrogen) atoms. The van der Waals surface area contributed by atoms with E-state index >= 15 is 0 Å². The molecule has 0 aliphatic heterocycles. The van der Waals surface area contributed by atoms with E-state index in [1.165, 1.54) is 0 Å². The van der Waals surface area contributed by atoms with E-state index in [0.29, 0.717) is 0 Å². The minimum atomic E-state index is 0.723. The van der Waals surface area contributed by atoms with Gasteiger partial charge in [-0.05, 0) is 30.3 Å². The first-order valence-corrected chi connectivity index (χ1v) is 6.70. The highest BCUT2D eigenvalue weighted by Gasteiger charge is 2.10. The van der Waals surface area contributed by atoms with E-state index in [0.717, 1.165) is 31.9 Å². The van der Waals surface area contributed by atoms with Crippen molar-refractivity contribution in [1.29, 1.82) is 0 Å². The Bertz CT molecular complexity index is 734. The maximum Gasteiger partial charge on any atom is 0.140 e. The van der Waals surface area contributed by atoms with E-state index in [2.05, 4.69) is 31.5 Å². The van der Waals surface area contributed by atoms with Gasteiger partial charge in [-0.25, -0.2) is 4.98 Å². The average molecular weight is 322 g/mol. The second-order valence-electron chi connectivity index (χ2n) is 4.14. The van der Waals surface area contributed by atoms with Crippen LogP contribution >= 0.6 is 27.5 Å². The second kappa shape index (κ2) is 4.41. The minimum absolute atomic E-state index is 0.723. The summed E-state index contributed by atoms with van der Waals surface area (Å²) in [6.45, 7) is 0. The zero-order chi connectivity index (χ0) is 12.7. The molecule has 0 amide bonds. The van der Waals surface area contributed by atoms with Crippen molar-refractivity contribution in [2.45, 2.75) is 0 Å². The fraction of sp³-hybridized carbons (Fsp3) is 0.0714. The predicted octanol–water partition coefficient (Wildman–Crippen LogP) is 4.66. The molecule has 0 radical (unpaired) electrons. The molecule has 3 aromatic rings. The molecule has 0 aliphatic carbocycles. The molecule has 0 saturated carbocycles. The second-order valence-corrected chi connectivity index (χ2v) is 5.49. The van der Waals surface area contributed by atoms with E-state index in [9.17, 15) is 0 Å². The van der Waals surface area contributed by atoms with E-state index in [4.69, 9.17) is 11.6 Å². The lowest BCUT2D eigenvalue weighted by Crippen LogP contribution is -1.92. The molecule has 1 aromatic heterocycles. The Kier molecular flexibility index (Phi) is 2.88. The number of hydrogen-bond donors (Lipinski definition) is 0. The van der Waals surface area contributed by atoms with Crippen LogP contribution in [0.5, 0.6) is 0 Å². The SMILES string of the molecule is Cn1c(-c2cccc(Cl)c2)nc2ccc(Br)cc21. The summed E-state index contributed by atoms with van der Waals surface area (Å²) in [5.74, 6) is 0.922. The molecule has 2 aromatic carbocycles. The van der Waals surface area contributed by atoms with Crippen molar-refractivity contribution in [3.8, 4) is 11.4 Å². The molecule has 0 unspecified atom stereocenters. The molecular weight excluding hydrogens is 312 g/mol. The summed E-state index contributed by atoms with van der Waals surface area (Å²) in [5.41, 5.74) is 3.10. The van der Waals surface area contributed by atoms with Crippen LogP contribution in [0.4, 0.5) is 0 Å². The molecule has 4 heteroatoms. The first kappa shape index (κ1) is 11.8. The van der Waals surface area contributed by atoms with Crippen molar-refractivity contribution < 1.29 is 0 Å². The fourth-order valence-electron chi connectivity index (χ4n) is 2.05. The lowest BCUT2D eigenvalue weighted by Gasteiger charge is -2.02. The molecule has 0 N–H and O–H groups in total. The van der Waals surface area contributed by atoms with Crippen molar-refractivity contribution in [1.82, 2.24) is 9.55 Å². The highest BCUT2D eigenvalue weighted by Crippen LogP contribution is 2.27. The number of aryl methyl sites for hydroxylation is 1. The molecular formula is C14H10BrClN2. The topological polar surface area (TPSA) is 17.8 Å². The number of halogens is 2. The molecule has 0 saturated heterocycles. The third-order valence-corrected chi connectivity index (χ3v) is 3.65. The Hall–Kier alpha value is -1.32. The van der Waals surface area contributed by atoms with Crippen LogP contribution in [0, 0.1) is 0 Å². The van der Waals surface area contributed by atoms with E-state index in [1.54, 1.807) is 0 Å². The monoisotopic (exact) mass is 320 g/mol. The number of imidazole rings is 1. The van der Waals surface area contributed by atoms with Crippen LogP contribution < -0.4 is 0 Å². The van der Waals surface area contributed by atoms with Crippen LogP contribution in [0.2, 0.25) is 5.02 Å². The third-order valence-electron chi connectivity index (χ3n) is 2.93. The summed E-state index contributed by atoms with van der Waals surface area (Å²) in [7, 11) is 2.01. The summed E-state index contributed by atoms with van der Waals surface area (Å²) in [6, 6.07) is 13.8. The highest BCUT2D eigenvalue weighted by atomic mass is 79.9. The van der Waals surface area contributed by atoms with Gasteiger partial charge in [0, 0.05) is 22.1 Å². The Morgan fingerprint density at radius 3 is 2.78 bits per heavy atom. The van der Waals surface area contributed by atoms with Gasteiger partial charge in [0.15, 0.2) is 0 Å². The van der Waals surface area contributed by atoms with Gasteiger partial charge in [-0.15, -0.1) is 0 Å². The summed E-state index contributed by atoms with van der Waals surface area (Å²) >= 11 is 9.51. The first-order chi connectivity index (χ1) is 8.65. The highest BCUT2D eigenvalue weighted by molar-refractivity contribution is 9.10. The van der Waals surface area contributed by atoms with Crippen LogP contribution in [0.1, 0.15) is 0 Å². The molecule has 0 atom stereocenters. The van der Waals surface area contributed by atoms with Gasteiger partial charge < -0.3 is 4.57 Å². The minimum Gasteiger partial charge on any atom is -0.327 e. The van der Waals surface area contributed by atoms with Crippen LogP contribution in [0.15, 0.2) is 46.9 Å². The Morgan fingerprint density at radius 2 is 2.00 bits per heavy atom. The van der Waals surface area contributed by atoms with Crippen molar-refractivity contribution in [2.24, 2.45) is 7.05 Å². The Labute approximate surface area is 118 Å². The standard InChI is InChI=1S/C14H10BrClN2/c1-18-13-8-10(15)5-6-12(13)17-14(18)9-3-2-4-11(16)7-9/h2-8H,1H3. The van der Waals surface area contributed by atoms with Gasteiger partial charge >= 0.3 is 0 Å². The quantitative estimate of drug-likeness (QED) is 0.637. The van der Waals surface area contributed by atoms with Gasteiger partial charge in [0.05, 0.1) is 11.0 Å². The molecule has 0 spiro atoms.